The van der Waals surface area contributed by atoms with Gasteiger partial charge < -0.3 is 10.2 Å². The van der Waals surface area contributed by atoms with Crippen molar-refractivity contribution in [3.8, 4) is 0 Å². The fourth-order valence-corrected chi connectivity index (χ4v) is 5.71. The van der Waals surface area contributed by atoms with Crippen molar-refractivity contribution in [3.63, 3.8) is 0 Å². The standard InChI is InChI=1S/C29H34BrN3O4S/c1-20(2)31-29(35)23(5)32(18-24-12-14-25(30)15-13-24)28(34)19-33(27-9-7-6-8-22(27)4)38(36,37)26-16-10-21(3)11-17-26/h6-17,20,23H,18-19H2,1-5H3,(H,31,35)/t23-/m0/s1. The number of nitrogens with zero attached hydrogens (tertiary/aromatic N) is 2. The first-order valence-electron chi connectivity index (χ1n) is 12.4. The van der Waals surface area contributed by atoms with E-state index >= 15 is 0 Å². The van der Waals surface area contributed by atoms with Gasteiger partial charge in [-0.05, 0) is 76.1 Å². The molecule has 0 aliphatic rings. The second-order valence-electron chi connectivity index (χ2n) is 9.60. The molecule has 1 atom stereocenters. The fourth-order valence-electron chi connectivity index (χ4n) is 3.97. The highest BCUT2D eigenvalue weighted by Crippen LogP contribution is 2.27. The number of aryl methyl sites for hydroxylation is 2. The highest BCUT2D eigenvalue weighted by molar-refractivity contribution is 9.10. The van der Waals surface area contributed by atoms with Crippen LogP contribution in [-0.2, 0) is 26.2 Å². The molecule has 0 aliphatic carbocycles. The molecule has 3 aromatic carbocycles. The molecule has 0 fully saturated rings. The Kier molecular flexibility index (Phi) is 9.73. The normalized spacial score (nSPS) is 12.2. The van der Waals surface area contributed by atoms with E-state index in [4.69, 9.17) is 0 Å². The maximum atomic E-state index is 13.9. The topological polar surface area (TPSA) is 86.8 Å². The highest BCUT2D eigenvalue weighted by atomic mass is 79.9. The molecule has 38 heavy (non-hydrogen) atoms. The molecule has 2 amide bonds. The molecular weight excluding hydrogens is 566 g/mol. The molecule has 0 aromatic heterocycles. The molecule has 3 aromatic rings. The lowest BCUT2D eigenvalue weighted by molar-refractivity contribution is -0.139. The number of amides is 2. The van der Waals surface area contributed by atoms with E-state index < -0.39 is 28.5 Å². The van der Waals surface area contributed by atoms with Crippen LogP contribution in [0.3, 0.4) is 0 Å². The molecule has 3 rings (SSSR count). The van der Waals surface area contributed by atoms with Gasteiger partial charge in [0.15, 0.2) is 0 Å². The predicted octanol–water partition coefficient (Wildman–Crippen LogP) is 5.20. The number of sulfonamides is 1. The van der Waals surface area contributed by atoms with Gasteiger partial charge in [0.1, 0.15) is 12.6 Å². The average Bonchev–Trinajstić information content (AvgIpc) is 2.86. The summed E-state index contributed by atoms with van der Waals surface area (Å²) < 4.78 is 29.8. The minimum Gasteiger partial charge on any atom is -0.352 e. The molecule has 7 nitrogen and oxygen atoms in total. The molecule has 0 radical (unpaired) electrons. The Hall–Kier alpha value is -3.17. The molecule has 0 bridgehead atoms. The summed E-state index contributed by atoms with van der Waals surface area (Å²) in [6, 6.07) is 20.1. The van der Waals surface area contributed by atoms with Crippen molar-refractivity contribution in [3.05, 3.63) is 94.0 Å². The second kappa shape index (κ2) is 12.6. The van der Waals surface area contributed by atoms with Gasteiger partial charge in [-0.15, -0.1) is 0 Å². The lowest BCUT2D eigenvalue weighted by Gasteiger charge is -2.32. The van der Waals surface area contributed by atoms with Gasteiger partial charge in [-0.25, -0.2) is 8.42 Å². The summed E-state index contributed by atoms with van der Waals surface area (Å²) in [7, 11) is -4.09. The maximum absolute atomic E-state index is 13.9. The Balaban J connectivity index is 2.04. The first-order chi connectivity index (χ1) is 17.9. The Bertz CT molecular complexity index is 1370. The van der Waals surface area contributed by atoms with Crippen molar-refractivity contribution in [2.24, 2.45) is 0 Å². The van der Waals surface area contributed by atoms with Crippen LogP contribution in [0.5, 0.6) is 0 Å². The number of para-hydroxylation sites is 1. The van der Waals surface area contributed by atoms with E-state index in [1.807, 2.05) is 51.1 Å². The van der Waals surface area contributed by atoms with Crippen molar-refractivity contribution >= 4 is 43.5 Å². The molecule has 9 heteroatoms. The SMILES string of the molecule is Cc1ccc(S(=O)(=O)N(CC(=O)N(Cc2ccc(Br)cc2)[C@@H](C)C(=O)NC(C)C)c2ccccc2C)cc1. The summed E-state index contributed by atoms with van der Waals surface area (Å²) in [4.78, 5) is 28.4. The lowest BCUT2D eigenvalue weighted by atomic mass is 10.1. The first kappa shape index (κ1) is 29.4. The van der Waals surface area contributed by atoms with E-state index in [1.165, 1.54) is 4.90 Å². The summed E-state index contributed by atoms with van der Waals surface area (Å²) in [5.41, 5.74) is 2.85. The van der Waals surface area contributed by atoms with E-state index in [2.05, 4.69) is 21.2 Å². The van der Waals surface area contributed by atoms with Crippen molar-refractivity contribution in [1.29, 1.82) is 0 Å². The van der Waals surface area contributed by atoms with Crippen LogP contribution in [0.4, 0.5) is 5.69 Å². The zero-order chi connectivity index (χ0) is 28.0. The molecule has 202 valence electrons. The summed E-state index contributed by atoms with van der Waals surface area (Å²) in [5.74, 6) is -0.799. The van der Waals surface area contributed by atoms with E-state index in [0.717, 1.165) is 19.9 Å². The summed E-state index contributed by atoms with van der Waals surface area (Å²) in [6.45, 7) is 8.71. The van der Waals surface area contributed by atoms with Crippen molar-refractivity contribution in [2.75, 3.05) is 10.8 Å². The molecular formula is C29H34BrN3O4S. The monoisotopic (exact) mass is 599 g/mol. The zero-order valence-corrected chi connectivity index (χ0v) is 24.7. The third-order valence-electron chi connectivity index (χ3n) is 6.14. The number of rotatable bonds is 10. The van der Waals surface area contributed by atoms with Crippen molar-refractivity contribution < 1.29 is 18.0 Å². The molecule has 0 aliphatic heterocycles. The summed E-state index contributed by atoms with van der Waals surface area (Å²) in [6.07, 6.45) is 0. The van der Waals surface area contributed by atoms with E-state index in [1.54, 1.807) is 56.3 Å². The highest BCUT2D eigenvalue weighted by Gasteiger charge is 2.33. The fraction of sp³-hybridized carbons (Fsp3) is 0.310. The van der Waals surface area contributed by atoms with Gasteiger partial charge in [0, 0.05) is 17.1 Å². The van der Waals surface area contributed by atoms with E-state index in [0.29, 0.717) is 11.3 Å². The van der Waals surface area contributed by atoms with Gasteiger partial charge in [-0.1, -0.05) is 64.0 Å². The Labute approximate surface area is 234 Å². The van der Waals surface area contributed by atoms with Crippen molar-refractivity contribution in [2.45, 2.75) is 58.1 Å². The first-order valence-corrected chi connectivity index (χ1v) is 14.6. The van der Waals surface area contributed by atoms with Gasteiger partial charge in [0.25, 0.3) is 10.0 Å². The van der Waals surface area contributed by atoms with Gasteiger partial charge in [-0.2, -0.15) is 0 Å². The molecule has 1 N–H and O–H groups in total. The summed E-state index contributed by atoms with van der Waals surface area (Å²) >= 11 is 3.42. The van der Waals surface area contributed by atoms with Gasteiger partial charge in [0.2, 0.25) is 11.8 Å². The van der Waals surface area contributed by atoms with Crippen LogP contribution in [0.2, 0.25) is 0 Å². The van der Waals surface area contributed by atoms with Crippen LogP contribution in [0.15, 0.2) is 82.2 Å². The number of nitrogens with one attached hydrogen (secondary N) is 1. The van der Waals surface area contributed by atoms with Gasteiger partial charge in [-0.3, -0.25) is 13.9 Å². The van der Waals surface area contributed by atoms with Crippen LogP contribution in [0, 0.1) is 13.8 Å². The van der Waals surface area contributed by atoms with Crippen LogP contribution in [0.25, 0.3) is 0 Å². The third-order valence-corrected chi connectivity index (χ3v) is 8.44. The Morgan fingerprint density at radius 3 is 2.08 bits per heavy atom. The number of carbonyl (C=O) groups is 2. The number of halogens is 1. The third kappa shape index (κ3) is 7.23. The van der Waals surface area contributed by atoms with Crippen LogP contribution < -0.4 is 9.62 Å². The minimum absolute atomic E-state index is 0.0872. The Morgan fingerprint density at radius 1 is 0.895 bits per heavy atom. The quantitative estimate of drug-likeness (QED) is 0.347. The molecule has 0 saturated carbocycles. The second-order valence-corrected chi connectivity index (χ2v) is 12.4. The number of hydrogen-bond acceptors (Lipinski definition) is 4. The number of benzene rings is 3. The molecule has 0 heterocycles. The van der Waals surface area contributed by atoms with Crippen LogP contribution in [-0.4, -0.2) is 43.8 Å². The van der Waals surface area contributed by atoms with E-state index in [9.17, 15) is 18.0 Å². The largest absolute Gasteiger partial charge is 0.352 e. The van der Waals surface area contributed by atoms with Crippen LogP contribution in [0.1, 0.15) is 37.5 Å². The zero-order valence-electron chi connectivity index (χ0n) is 22.3. The minimum atomic E-state index is -4.09. The van der Waals surface area contributed by atoms with Gasteiger partial charge in [0.05, 0.1) is 10.6 Å². The number of anilines is 1. The smallest absolute Gasteiger partial charge is 0.264 e. The predicted molar refractivity (Wildman–Crippen MR) is 154 cm³/mol. The molecule has 0 spiro atoms. The number of hydrogen-bond donors (Lipinski definition) is 1. The van der Waals surface area contributed by atoms with E-state index in [-0.39, 0.29) is 23.4 Å². The average molecular weight is 601 g/mol. The van der Waals surface area contributed by atoms with Gasteiger partial charge >= 0.3 is 0 Å². The lowest BCUT2D eigenvalue weighted by Crippen LogP contribution is -2.52. The molecule has 0 unspecified atom stereocenters. The summed E-state index contributed by atoms with van der Waals surface area (Å²) in [5, 5.41) is 2.86. The molecule has 0 saturated heterocycles. The Morgan fingerprint density at radius 2 is 1.50 bits per heavy atom. The number of carbonyl (C=O) groups excluding carboxylic acids is 2. The van der Waals surface area contributed by atoms with Crippen LogP contribution >= 0.6 is 15.9 Å². The van der Waals surface area contributed by atoms with Crippen molar-refractivity contribution in [1.82, 2.24) is 10.2 Å². The maximum Gasteiger partial charge on any atom is 0.264 e.